The molecule has 82 valence electrons. The summed E-state index contributed by atoms with van der Waals surface area (Å²) in [6.45, 7) is 3.04. The van der Waals surface area contributed by atoms with Crippen LogP contribution in [0.1, 0.15) is 38.4 Å². The molecule has 0 aromatic carbocycles. The molecule has 1 saturated carbocycles. The Kier molecular flexibility index (Phi) is 3.67. The van der Waals surface area contributed by atoms with Gasteiger partial charge < -0.3 is 5.32 Å². The molecule has 1 aliphatic carbocycles. The third-order valence-electron chi connectivity index (χ3n) is 2.98. The standard InChI is InChI=1S/C12H19N3/c1-2-11(8-10-4-5-10)15-9-12-13-6-3-7-14-12/h3,6-7,10-11,15H,2,4-5,8-9H2,1H3. The van der Waals surface area contributed by atoms with Gasteiger partial charge in [0.25, 0.3) is 0 Å². The van der Waals surface area contributed by atoms with E-state index in [4.69, 9.17) is 0 Å². The van der Waals surface area contributed by atoms with Gasteiger partial charge >= 0.3 is 0 Å². The van der Waals surface area contributed by atoms with Gasteiger partial charge in [-0.1, -0.05) is 19.8 Å². The van der Waals surface area contributed by atoms with E-state index in [1.54, 1.807) is 12.4 Å². The molecule has 3 nitrogen and oxygen atoms in total. The highest BCUT2D eigenvalue weighted by molar-refractivity contribution is 4.89. The molecule has 1 fully saturated rings. The van der Waals surface area contributed by atoms with Crippen molar-refractivity contribution in [3.05, 3.63) is 24.3 Å². The van der Waals surface area contributed by atoms with Crippen LogP contribution in [0.5, 0.6) is 0 Å². The molecule has 1 N–H and O–H groups in total. The van der Waals surface area contributed by atoms with Crippen molar-refractivity contribution in [2.45, 2.75) is 45.2 Å². The highest BCUT2D eigenvalue weighted by Gasteiger charge is 2.24. The van der Waals surface area contributed by atoms with Crippen molar-refractivity contribution in [1.82, 2.24) is 15.3 Å². The first-order valence-electron chi connectivity index (χ1n) is 5.87. The molecular weight excluding hydrogens is 186 g/mol. The van der Waals surface area contributed by atoms with Crippen LogP contribution in [0.2, 0.25) is 0 Å². The average molecular weight is 205 g/mol. The Morgan fingerprint density at radius 2 is 2.13 bits per heavy atom. The number of aromatic nitrogens is 2. The summed E-state index contributed by atoms with van der Waals surface area (Å²) in [7, 11) is 0. The van der Waals surface area contributed by atoms with E-state index < -0.39 is 0 Å². The molecule has 1 aromatic heterocycles. The number of nitrogens with zero attached hydrogens (tertiary/aromatic N) is 2. The normalized spacial score (nSPS) is 17.7. The highest BCUT2D eigenvalue weighted by atomic mass is 15.0. The van der Waals surface area contributed by atoms with Crippen molar-refractivity contribution < 1.29 is 0 Å². The third-order valence-corrected chi connectivity index (χ3v) is 2.98. The molecule has 15 heavy (non-hydrogen) atoms. The lowest BCUT2D eigenvalue weighted by molar-refractivity contribution is 0.439. The SMILES string of the molecule is CCC(CC1CC1)NCc1ncccn1. The van der Waals surface area contributed by atoms with E-state index in [2.05, 4.69) is 22.2 Å². The summed E-state index contributed by atoms with van der Waals surface area (Å²) < 4.78 is 0. The Bertz CT molecular complexity index is 282. The van der Waals surface area contributed by atoms with Gasteiger partial charge in [-0.25, -0.2) is 9.97 Å². The van der Waals surface area contributed by atoms with E-state index in [1.807, 2.05) is 6.07 Å². The van der Waals surface area contributed by atoms with E-state index in [-0.39, 0.29) is 0 Å². The van der Waals surface area contributed by atoms with Gasteiger partial charge in [0.15, 0.2) is 0 Å². The summed E-state index contributed by atoms with van der Waals surface area (Å²) in [4.78, 5) is 8.41. The van der Waals surface area contributed by atoms with Crippen molar-refractivity contribution in [3.63, 3.8) is 0 Å². The van der Waals surface area contributed by atoms with Crippen molar-refractivity contribution >= 4 is 0 Å². The fraction of sp³-hybridized carbons (Fsp3) is 0.667. The van der Waals surface area contributed by atoms with Crippen molar-refractivity contribution in [2.24, 2.45) is 5.92 Å². The van der Waals surface area contributed by atoms with Crippen LogP contribution >= 0.6 is 0 Å². The summed E-state index contributed by atoms with van der Waals surface area (Å²) in [6.07, 6.45) is 8.98. The first-order chi connectivity index (χ1) is 7.38. The number of hydrogen-bond donors (Lipinski definition) is 1. The smallest absolute Gasteiger partial charge is 0.141 e. The summed E-state index contributed by atoms with van der Waals surface area (Å²) in [5.41, 5.74) is 0. The first kappa shape index (κ1) is 10.6. The Morgan fingerprint density at radius 1 is 1.40 bits per heavy atom. The number of rotatable bonds is 6. The van der Waals surface area contributed by atoms with Gasteiger partial charge in [-0.3, -0.25) is 0 Å². The van der Waals surface area contributed by atoms with E-state index >= 15 is 0 Å². The van der Waals surface area contributed by atoms with Gasteiger partial charge in [-0.05, 0) is 24.8 Å². The predicted molar refractivity (Wildman–Crippen MR) is 60.3 cm³/mol. The largest absolute Gasteiger partial charge is 0.307 e. The van der Waals surface area contributed by atoms with Crippen LogP contribution in [0.3, 0.4) is 0 Å². The number of hydrogen-bond acceptors (Lipinski definition) is 3. The minimum Gasteiger partial charge on any atom is -0.307 e. The molecule has 3 heteroatoms. The fourth-order valence-electron chi connectivity index (χ4n) is 1.81. The molecule has 0 bridgehead atoms. The average Bonchev–Trinajstić information content (AvgIpc) is 3.09. The second-order valence-electron chi connectivity index (χ2n) is 4.33. The van der Waals surface area contributed by atoms with E-state index in [0.717, 1.165) is 18.3 Å². The van der Waals surface area contributed by atoms with Gasteiger partial charge in [-0.15, -0.1) is 0 Å². The zero-order valence-electron chi connectivity index (χ0n) is 9.32. The van der Waals surface area contributed by atoms with Gasteiger partial charge in [0, 0.05) is 18.4 Å². The molecule has 0 spiro atoms. The molecule has 0 radical (unpaired) electrons. The maximum atomic E-state index is 4.21. The van der Waals surface area contributed by atoms with Crippen molar-refractivity contribution in [1.29, 1.82) is 0 Å². The maximum Gasteiger partial charge on any atom is 0.141 e. The maximum absolute atomic E-state index is 4.21. The zero-order chi connectivity index (χ0) is 10.5. The topological polar surface area (TPSA) is 37.8 Å². The van der Waals surface area contributed by atoms with Crippen molar-refractivity contribution in [3.8, 4) is 0 Å². The van der Waals surface area contributed by atoms with E-state index in [0.29, 0.717) is 6.04 Å². The van der Waals surface area contributed by atoms with E-state index in [9.17, 15) is 0 Å². The Labute approximate surface area is 91.3 Å². The number of nitrogens with one attached hydrogen (secondary N) is 1. The second kappa shape index (κ2) is 5.21. The Balaban J connectivity index is 1.75. The Morgan fingerprint density at radius 3 is 2.73 bits per heavy atom. The van der Waals surface area contributed by atoms with Crippen LogP contribution in [0.15, 0.2) is 18.5 Å². The molecule has 1 heterocycles. The fourth-order valence-corrected chi connectivity index (χ4v) is 1.81. The van der Waals surface area contributed by atoms with Crippen LogP contribution in [-0.2, 0) is 6.54 Å². The molecule has 0 saturated heterocycles. The minimum atomic E-state index is 0.640. The Hall–Kier alpha value is -0.960. The lowest BCUT2D eigenvalue weighted by Gasteiger charge is -2.15. The monoisotopic (exact) mass is 205 g/mol. The summed E-state index contributed by atoms with van der Waals surface area (Å²) >= 11 is 0. The van der Waals surface area contributed by atoms with Crippen molar-refractivity contribution in [2.75, 3.05) is 0 Å². The molecule has 1 aliphatic rings. The van der Waals surface area contributed by atoms with Crippen LogP contribution in [0, 0.1) is 5.92 Å². The lowest BCUT2D eigenvalue weighted by atomic mass is 10.1. The molecule has 1 unspecified atom stereocenters. The molecule has 0 amide bonds. The third kappa shape index (κ3) is 3.59. The highest BCUT2D eigenvalue weighted by Crippen LogP contribution is 2.34. The van der Waals surface area contributed by atoms with Gasteiger partial charge in [0.1, 0.15) is 5.82 Å². The lowest BCUT2D eigenvalue weighted by Crippen LogP contribution is -2.29. The first-order valence-corrected chi connectivity index (χ1v) is 5.87. The minimum absolute atomic E-state index is 0.640. The van der Waals surface area contributed by atoms with Crippen LogP contribution in [-0.4, -0.2) is 16.0 Å². The predicted octanol–water partition coefficient (Wildman–Crippen LogP) is 2.14. The van der Waals surface area contributed by atoms with Crippen LogP contribution < -0.4 is 5.32 Å². The van der Waals surface area contributed by atoms with Gasteiger partial charge in [-0.2, -0.15) is 0 Å². The quantitative estimate of drug-likeness (QED) is 0.773. The zero-order valence-corrected chi connectivity index (χ0v) is 9.32. The summed E-state index contributed by atoms with van der Waals surface area (Å²) in [5, 5.41) is 3.53. The van der Waals surface area contributed by atoms with Crippen LogP contribution in [0.25, 0.3) is 0 Å². The summed E-state index contributed by atoms with van der Waals surface area (Å²) in [6, 6.07) is 2.49. The summed E-state index contributed by atoms with van der Waals surface area (Å²) in [5.74, 6) is 1.88. The van der Waals surface area contributed by atoms with Crippen LogP contribution in [0.4, 0.5) is 0 Å². The molecule has 1 atom stereocenters. The van der Waals surface area contributed by atoms with Gasteiger partial charge in [0.2, 0.25) is 0 Å². The van der Waals surface area contributed by atoms with Gasteiger partial charge in [0.05, 0.1) is 6.54 Å². The second-order valence-corrected chi connectivity index (χ2v) is 4.33. The molecule has 2 rings (SSSR count). The molecule has 0 aliphatic heterocycles. The molecule has 1 aromatic rings. The van der Waals surface area contributed by atoms with E-state index in [1.165, 1.54) is 25.7 Å². The molecular formula is C12H19N3.